The van der Waals surface area contributed by atoms with Gasteiger partial charge in [-0.2, -0.15) is 0 Å². The maximum absolute atomic E-state index is 3.97. The molecule has 0 radical (unpaired) electrons. The van der Waals surface area contributed by atoms with Crippen LogP contribution in [0, 0.1) is 23.7 Å². The van der Waals surface area contributed by atoms with Crippen LogP contribution in [0.4, 0.5) is 0 Å². The molecule has 0 aromatic rings. The molecule has 1 heteroatoms. The maximum Gasteiger partial charge on any atom is 0.00953 e. The maximum atomic E-state index is 3.97. The summed E-state index contributed by atoms with van der Waals surface area (Å²) in [6.07, 6.45) is 13.4. The van der Waals surface area contributed by atoms with E-state index in [1.54, 1.807) is 0 Å². The summed E-state index contributed by atoms with van der Waals surface area (Å²) in [5, 5.41) is 3.97. The standard InChI is InChI=1S/C16H29N/c1-2-12-5-3-4-6-16(12)17-11-15(13-7-8-13)14-9-10-14/h12-17H,2-11H2,1H3. The van der Waals surface area contributed by atoms with Gasteiger partial charge in [0.25, 0.3) is 0 Å². The molecule has 0 aromatic heterocycles. The predicted molar refractivity (Wildman–Crippen MR) is 73.0 cm³/mol. The summed E-state index contributed by atoms with van der Waals surface area (Å²) < 4.78 is 0. The molecule has 17 heavy (non-hydrogen) atoms. The van der Waals surface area contributed by atoms with Gasteiger partial charge in [-0.1, -0.05) is 26.2 Å². The van der Waals surface area contributed by atoms with Gasteiger partial charge in [0.2, 0.25) is 0 Å². The number of hydrogen-bond acceptors (Lipinski definition) is 1. The molecule has 1 N–H and O–H groups in total. The van der Waals surface area contributed by atoms with Gasteiger partial charge in [0.1, 0.15) is 0 Å². The quantitative estimate of drug-likeness (QED) is 0.734. The second kappa shape index (κ2) is 5.30. The Hall–Kier alpha value is -0.0400. The van der Waals surface area contributed by atoms with E-state index in [-0.39, 0.29) is 0 Å². The fourth-order valence-electron chi connectivity index (χ4n) is 4.02. The van der Waals surface area contributed by atoms with Crippen LogP contribution in [0.3, 0.4) is 0 Å². The Morgan fingerprint density at radius 2 is 1.59 bits per heavy atom. The third-order valence-electron chi connectivity index (χ3n) is 5.50. The molecule has 1 nitrogen and oxygen atoms in total. The summed E-state index contributed by atoms with van der Waals surface area (Å²) in [6.45, 7) is 3.72. The molecule has 3 rings (SSSR count). The van der Waals surface area contributed by atoms with E-state index >= 15 is 0 Å². The van der Waals surface area contributed by atoms with E-state index < -0.39 is 0 Å². The molecule has 0 aromatic carbocycles. The lowest BCUT2D eigenvalue weighted by molar-refractivity contribution is 0.235. The minimum Gasteiger partial charge on any atom is -0.313 e. The molecule has 3 aliphatic carbocycles. The molecule has 3 fully saturated rings. The van der Waals surface area contributed by atoms with Crippen molar-refractivity contribution in [3.63, 3.8) is 0 Å². The second-order valence-electron chi connectivity index (χ2n) is 6.81. The summed E-state index contributed by atoms with van der Waals surface area (Å²) in [5.41, 5.74) is 0. The van der Waals surface area contributed by atoms with Gasteiger partial charge < -0.3 is 5.32 Å². The van der Waals surface area contributed by atoms with Gasteiger partial charge in [-0.25, -0.2) is 0 Å². The van der Waals surface area contributed by atoms with E-state index in [2.05, 4.69) is 12.2 Å². The van der Waals surface area contributed by atoms with Crippen molar-refractivity contribution < 1.29 is 0 Å². The van der Waals surface area contributed by atoms with Crippen molar-refractivity contribution in [1.29, 1.82) is 0 Å². The summed E-state index contributed by atoms with van der Waals surface area (Å²) in [6, 6.07) is 0.855. The van der Waals surface area contributed by atoms with Gasteiger partial charge in [-0.3, -0.25) is 0 Å². The highest BCUT2D eigenvalue weighted by Crippen LogP contribution is 2.49. The van der Waals surface area contributed by atoms with Crippen molar-refractivity contribution in [3.8, 4) is 0 Å². The van der Waals surface area contributed by atoms with Crippen LogP contribution < -0.4 is 5.32 Å². The molecule has 0 saturated heterocycles. The first kappa shape index (κ1) is 12.0. The fourth-order valence-corrected chi connectivity index (χ4v) is 4.02. The van der Waals surface area contributed by atoms with E-state index in [4.69, 9.17) is 0 Å². The average Bonchev–Trinajstić information content (AvgIpc) is 3.23. The molecule has 0 amide bonds. The Morgan fingerprint density at radius 3 is 2.18 bits per heavy atom. The van der Waals surface area contributed by atoms with Crippen LogP contribution in [-0.4, -0.2) is 12.6 Å². The lowest BCUT2D eigenvalue weighted by Crippen LogP contribution is -2.41. The van der Waals surface area contributed by atoms with Crippen LogP contribution >= 0.6 is 0 Å². The van der Waals surface area contributed by atoms with Crippen LogP contribution in [0.1, 0.15) is 64.7 Å². The fraction of sp³-hybridized carbons (Fsp3) is 1.00. The molecule has 0 heterocycles. The average molecular weight is 235 g/mol. The summed E-state index contributed by atoms with van der Waals surface area (Å²) in [7, 11) is 0. The smallest absolute Gasteiger partial charge is 0.00953 e. The molecule has 2 atom stereocenters. The van der Waals surface area contributed by atoms with Crippen molar-refractivity contribution in [2.24, 2.45) is 23.7 Å². The molecular weight excluding hydrogens is 206 g/mol. The molecule has 98 valence electrons. The molecular formula is C16H29N. The van der Waals surface area contributed by atoms with E-state index in [0.29, 0.717) is 0 Å². The normalized spacial score (nSPS) is 34.2. The van der Waals surface area contributed by atoms with Crippen LogP contribution in [0.15, 0.2) is 0 Å². The Bertz CT molecular complexity index is 230. The minimum atomic E-state index is 0.855. The lowest BCUT2D eigenvalue weighted by atomic mass is 9.82. The zero-order chi connectivity index (χ0) is 11.7. The van der Waals surface area contributed by atoms with E-state index in [1.165, 1.54) is 64.3 Å². The van der Waals surface area contributed by atoms with Crippen LogP contribution in [-0.2, 0) is 0 Å². The summed E-state index contributed by atoms with van der Waals surface area (Å²) in [5.74, 6) is 4.24. The first-order valence-electron chi connectivity index (χ1n) is 8.12. The monoisotopic (exact) mass is 235 g/mol. The first-order valence-corrected chi connectivity index (χ1v) is 8.12. The number of hydrogen-bond donors (Lipinski definition) is 1. The topological polar surface area (TPSA) is 12.0 Å². The summed E-state index contributed by atoms with van der Waals surface area (Å²) in [4.78, 5) is 0. The van der Waals surface area contributed by atoms with Gasteiger partial charge in [0.15, 0.2) is 0 Å². The molecule has 3 saturated carbocycles. The first-order chi connectivity index (χ1) is 8.38. The van der Waals surface area contributed by atoms with Crippen molar-refractivity contribution in [1.82, 2.24) is 5.32 Å². The lowest BCUT2D eigenvalue weighted by Gasteiger charge is -2.33. The second-order valence-corrected chi connectivity index (χ2v) is 6.81. The highest BCUT2D eigenvalue weighted by atomic mass is 14.9. The Labute approximate surface area is 107 Å². The molecule has 0 bridgehead atoms. The Morgan fingerprint density at radius 1 is 0.941 bits per heavy atom. The third kappa shape index (κ3) is 3.05. The highest BCUT2D eigenvalue weighted by Gasteiger charge is 2.41. The largest absolute Gasteiger partial charge is 0.313 e. The Kier molecular flexibility index (Phi) is 3.75. The zero-order valence-corrected chi connectivity index (χ0v) is 11.5. The number of nitrogens with one attached hydrogen (secondary N) is 1. The van der Waals surface area contributed by atoms with Gasteiger partial charge in [-0.05, 0) is 68.7 Å². The highest BCUT2D eigenvalue weighted by molar-refractivity contribution is 4.93. The third-order valence-corrected chi connectivity index (χ3v) is 5.50. The van der Waals surface area contributed by atoms with Crippen molar-refractivity contribution in [2.75, 3.05) is 6.54 Å². The SMILES string of the molecule is CCC1CCCCC1NCC(C1CC1)C1CC1. The van der Waals surface area contributed by atoms with Crippen molar-refractivity contribution in [3.05, 3.63) is 0 Å². The van der Waals surface area contributed by atoms with Gasteiger partial charge in [0, 0.05) is 6.04 Å². The molecule has 0 aliphatic heterocycles. The van der Waals surface area contributed by atoms with Crippen LogP contribution in [0.2, 0.25) is 0 Å². The molecule has 3 aliphatic rings. The van der Waals surface area contributed by atoms with E-state index in [9.17, 15) is 0 Å². The summed E-state index contributed by atoms with van der Waals surface area (Å²) >= 11 is 0. The predicted octanol–water partition coefficient (Wildman–Crippen LogP) is 3.98. The van der Waals surface area contributed by atoms with Crippen molar-refractivity contribution in [2.45, 2.75) is 70.8 Å². The number of rotatable bonds is 6. The minimum absolute atomic E-state index is 0.855. The van der Waals surface area contributed by atoms with Gasteiger partial charge in [0.05, 0.1) is 0 Å². The molecule has 2 unspecified atom stereocenters. The van der Waals surface area contributed by atoms with Gasteiger partial charge >= 0.3 is 0 Å². The van der Waals surface area contributed by atoms with E-state index in [1.807, 2.05) is 0 Å². The van der Waals surface area contributed by atoms with Gasteiger partial charge in [-0.15, -0.1) is 0 Å². The zero-order valence-electron chi connectivity index (χ0n) is 11.5. The van der Waals surface area contributed by atoms with Crippen LogP contribution in [0.5, 0.6) is 0 Å². The van der Waals surface area contributed by atoms with E-state index in [0.717, 1.165) is 29.7 Å². The molecule has 0 spiro atoms. The van der Waals surface area contributed by atoms with Crippen LogP contribution in [0.25, 0.3) is 0 Å². The van der Waals surface area contributed by atoms with Crippen molar-refractivity contribution >= 4 is 0 Å². The Balaban J connectivity index is 1.47.